The number of phenolic OH excluding ortho intramolecular Hbond substituents is 1. The zero-order valence-electron chi connectivity index (χ0n) is 16.7. The SMILES string of the molecule is COC(=O)c1ccccc1N=Nc1c2cc(C)[nH]c(C)c2c(O)c2c(=O)cccc12. The summed E-state index contributed by atoms with van der Waals surface area (Å²) in [5, 5.41) is 21.4. The van der Waals surface area contributed by atoms with E-state index >= 15 is 0 Å². The fraction of sp³-hybridized carbons (Fsp3) is 0.130. The van der Waals surface area contributed by atoms with Crippen molar-refractivity contribution in [1.29, 1.82) is 0 Å². The Labute approximate surface area is 171 Å². The molecule has 0 atom stereocenters. The lowest BCUT2D eigenvalue weighted by molar-refractivity contribution is 0.0601. The Morgan fingerprint density at radius 3 is 2.53 bits per heavy atom. The number of rotatable bonds is 3. The van der Waals surface area contributed by atoms with Crippen LogP contribution < -0.4 is 5.43 Å². The van der Waals surface area contributed by atoms with E-state index in [9.17, 15) is 14.7 Å². The number of carbonyl (C=O) groups is 1. The van der Waals surface area contributed by atoms with Gasteiger partial charge in [-0.25, -0.2) is 4.79 Å². The Morgan fingerprint density at radius 1 is 1.00 bits per heavy atom. The molecule has 0 radical (unpaired) electrons. The number of aromatic amines is 1. The number of methoxy groups -OCH3 is 1. The van der Waals surface area contributed by atoms with Crippen LogP contribution in [0.1, 0.15) is 21.7 Å². The van der Waals surface area contributed by atoms with E-state index in [1.165, 1.54) is 13.2 Å². The molecule has 1 heterocycles. The third-order valence-electron chi connectivity index (χ3n) is 4.97. The molecule has 0 fully saturated rings. The minimum Gasteiger partial charge on any atom is -0.506 e. The van der Waals surface area contributed by atoms with Gasteiger partial charge in [-0.05, 0) is 38.1 Å². The molecule has 4 aromatic rings. The summed E-state index contributed by atoms with van der Waals surface area (Å²) in [5.41, 5.74) is 2.32. The second kappa shape index (κ2) is 7.44. The van der Waals surface area contributed by atoms with Gasteiger partial charge in [0.2, 0.25) is 0 Å². The maximum absolute atomic E-state index is 12.5. The topological polar surface area (TPSA) is 104 Å². The number of phenols is 1. The smallest absolute Gasteiger partial charge is 0.340 e. The molecule has 7 nitrogen and oxygen atoms in total. The maximum Gasteiger partial charge on any atom is 0.340 e. The van der Waals surface area contributed by atoms with E-state index in [0.29, 0.717) is 33.2 Å². The predicted molar refractivity (Wildman–Crippen MR) is 115 cm³/mol. The van der Waals surface area contributed by atoms with Crippen molar-refractivity contribution in [3.8, 4) is 5.75 Å². The number of esters is 1. The third kappa shape index (κ3) is 3.10. The fourth-order valence-electron chi connectivity index (χ4n) is 3.67. The van der Waals surface area contributed by atoms with Crippen LogP contribution in [0.25, 0.3) is 21.5 Å². The predicted octanol–water partition coefficient (Wildman–Crippen LogP) is 5.21. The lowest BCUT2D eigenvalue weighted by Gasteiger charge is -2.13. The Kier molecular flexibility index (Phi) is 4.79. The highest BCUT2D eigenvalue weighted by molar-refractivity contribution is 6.15. The van der Waals surface area contributed by atoms with Crippen molar-refractivity contribution in [3.05, 3.63) is 75.7 Å². The highest BCUT2D eigenvalue weighted by Crippen LogP contribution is 2.42. The van der Waals surface area contributed by atoms with Gasteiger partial charge in [0, 0.05) is 27.5 Å². The largest absolute Gasteiger partial charge is 0.506 e. The number of fused-ring (bicyclic) bond motifs is 2. The van der Waals surface area contributed by atoms with Gasteiger partial charge in [-0.15, -0.1) is 10.2 Å². The zero-order chi connectivity index (χ0) is 21.4. The summed E-state index contributed by atoms with van der Waals surface area (Å²) in [6.45, 7) is 3.72. The number of aryl methyl sites for hydroxylation is 2. The molecular formula is C23H19N3O4. The van der Waals surface area contributed by atoms with Gasteiger partial charge in [0.1, 0.15) is 17.1 Å². The van der Waals surface area contributed by atoms with Gasteiger partial charge in [-0.2, -0.15) is 0 Å². The lowest BCUT2D eigenvalue weighted by atomic mass is 9.98. The maximum atomic E-state index is 12.5. The number of H-pyrrole nitrogens is 1. The molecule has 0 saturated heterocycles. The Hall–Kier alpha value is -4.00. The van der Waals surface area contributed by atoms with Crippen molar-refractivity contribution in [2.45, 2.75) is 13.8 Å². The number of aromatic hydroxyl groups is 1. The molecule has 2 N–H and O–H groups in total. The van der Waals surface area contributed by atoms with Crippen molar-refractivity contribution in [3.63, 3.8) is 0 Å². The Bertz CT molecular complexity index is 1400. The molecule has 0 saturated carbocycles. The summed E-state index contributed by atoms with van der Waals surface area (Å²) in [7, 11) is 1.30. The zero-order valence-corrected chi connectivity index (χ0v) is 16.7. The van der Waals surface area contributed by atoms with Crippen LogP contribution >= 0.6 is 0 Å². The van der Waals surface area contributed by atoms with Gasteiger partial charge in [0.05, 0.1) is 18.1 Å². The standard InChI is InChI=1S/C23H19N3O4/c1-12-11-16-19(13(2)24-12)22(28)20-15(8-6-10-18(20)27)21(16)26-25-17-9-5-4-7-14(17)23(29)30-3/h4-11,24,28H,1-3H3. The molecule has 0 unspecified atom stereocenters. The summed E-state index contributed by atoms with van der Waals surface area (Å²) in [6, 6.07) is 13.3. The van der Waals surface area contributed by atoms with Gasteiger partial charge in [-0.1, -0.05) is 24.3 Å². The minimum atomic E-state index is -0.520. The van der Waals surface area contributed by atoms with Crippen LogP contribution in [0.4, 0.5) is 11.4 Å². The third-order valence-corrected chi connectivity index (χ3v) is 4.97. The average molecular weight is 401 g/mol. The first kappa shape index (κ1) is 19.3. The van der Waals surface area contributed by atoms with Crippen molar-refractivity contribution < 1.29 is 14.6 Å². The number of azo groups is 1. The number of aromatic nitrogens is 1. The van der Waals surface area contributed by atoms with Crippen LogP contribution in [-0.2, 0) is 4.74 Å². The average Bonchev–Trinajstić information content (AvgIpc) is 2.72. The van der Waals surface area contributed by atoms with Gasteiger partial charge in [0.25, 0.3) is 0 Å². The minimum absolute atomic E-state index is 0.0896. The van der Waals surface area contributed by atoms with Gasteiger partial charge < -0.3 is 14.8 Å². The molecule has 4 rings (SSSR count). The molecule has 3 aromatic carbocycles. The van der Waals surface area contributed by atoms with Crippen molar-refractivity contribution in [2.24, 2.45) is 10.2 Å². The molecule has 7 heteroatoms. The second-order valence-corrected chi connectivity index (χ2v) is 6.95. The fourth-order valence-corrected chi connectivity index (χ4v) is 3.67. The van der Waals surface area contributed by atoms with Crippen LogP contribution in [-0.4, -0.2) is 23.2 Å². The van der Waals surface area contributed by atoms with Crippen LogP contribution in [0.5, 0.6) is 5.75 Å². The number of ether oxygens (including phenoxy) is 1. The molecule has 150 valence electrons. The molecule has 0 amide bonds. The van der Waals surface area contributed by atoms with E-state index in [-0.39, 0.29) is 22.1 Å². The molecule has 0 aliphatic rings. The van der Waals surface area contributed by atoms with Crippen LogP contribution in [0.3, 0.4) is 0 Å². The van der Waals surface area contributed by atoms with Crippen molar-refractivity contribution >= 4 is 38.9 Å². The number of pyridine rings is 1. The summed E-state index contributed by atoms with van der Waals surface area (Å²) in [4.78, 5) is 27.7. The molecule has 0 spiro atoms. The molecule has 30 heavy (non-hydrogen) atoms. The highest BCUT2D eigenvalue weighted by Gasteiger charge is 2.18. The van der Waals surface area contributed by atoms with E-state index in [0.717, 1.165) is 5.69 Å². The van der Waals surface area contributed by atoms with Crippen LogP contribution in [0.2, 0.25) is 0 Å². The first-order valence-electron chi connectivity index (χ1n) is 9.29. The number of nitrogens with one attached hydrogen (secondary N) is 1. The number of nitrogens with zero attached hydrogens (tertiary/aromatic N) is 2. The van der Waals surface area contributed by atoms with E-state index in [2.05, 4.69) is 15.2 Å². The van der Waals surface area contributed by atoms with E-state index in [4.69, 9.17) is 4.74 Å². The van der Waals surface area contributed by atoms with Gasteiger partial charge in [0.15, 0.2) is 5.43 Å². The van der Waals surface area contributed by atoms with Crippen molar-refractivity contribution in [2.75, 3.05) is 7.11 Å². The second-order valence-electron chi connectivity index (χ2n) is 6.95. The van der Waals surface area contributed by atoms with Crippen molar-refractivity contribution in [1.82, 2.24) is 4.98 Å². The van der Waals surface area contributed by atoms with Crippen LogP contribution in [0.15, 0.2) is 63.6 Å². The van der Waals surface area contributed by atoms with Crippen LogP contribution in [0, 0.1) is 13.8 Å². The Morgan fingerprint density at radius 2 is 1.77 bits per heavy atom. The summed E-state index contributed by atoms with van der Waals surface area (Å²) >= 11 is 0. The lowest BCUT2D eigenvalue weighted by Crippen LogP contribution is -2.01. The summed E-state index contributed by atoms with van der Waals surface area (Å²) in [6.07, 6.45) is 0. The summed E-state index contributed by atoms with van der Waals surface area (Å²) < 4.78 is 4.81. The first-order valence-corrected chi connectivity index (χ1v) is 9.29. The number of hydrogen-bond donors (Lipinski definition) is 2. The van der Waals surface area contributed by atoms with Gasteiger partial charge in [-0.3, -0.25) is 4.79 Å². The summed E-state index contributed by atoms with van der Waals surface area (Å²) in [5.74, 6) is -0.610. The Balaban J connectivity index is 2.07. The number of benzene rings is 3. The molecule has 1 aromatic heterocycles. The van der Waals surface area contributed by atoms with E-state index < -0.39 is 5.97 Å². The van der Waals surface area contributed by atoms with E-state index in [1.807, 2.05) is 19.9 Å². The monoisotopic (exact) mass is 401 g/mol. The van der Waals surface area contributed by atoms with E-state index in [1.54, 1.807) is 36.4 Å². The first-order chi connectivity index (χ1) is 14.4. The highest BCUT2D eigenvalue weighted by atomic mass is 16.5. The molecule has 0 aliphatic heterocycles. The molecular weight excluding hydrogens is 382 g/mol. The quantitative estimate of drug-likeness (QED) is 0.279. The number of carbonyl (C=O) groups excluding carboxylic acids is 1. The molecule has 0 aliphatic carbocycles. The number of hydrogen-bond acceptors (Lipinski definition) is 6. The van der Waals surface area contributed by atoms with Gasteiger partial charge >= 0.3 is 5.97 Å². The molecule has 0 bridgehead atoms. The normalized spacial score (nSPS) is 11.4.